The summed E-state index contributed by atoms with van der Waals surface area (Å²) in [5.74, 6) is -1.52. The van der Waals surface area contributed by atoms with Gasteiger partial charge in [-0.3, -0.25) is 14.4 Å². The molecule has 1 spiro atoms. The second kappa shape index (κ2) is 9.67. The van der Waals surface area contributed by atoms with Crippen LogP contribution in [0.5, 0.6) is 0 Å². The number of fused-ring (bicyclic) bond motifs is 1. The molecule has 4 rings (SSSR count). The highest BCUT2D eigenvalue weighted by Gasteiger charge is 2.74. The summed E-state index contributed by atoms with van der Waals surface area (Å²) in [6, 6.07) is 8.45. The van der Waals surface area contributed by atoms with Gasteiger partial charge < -0.3 is 20.6 Å². The number of carbonyl (C=O) groups excluding carboxylic acids is 3. The van der Waals surface area contributed by atoms with E-state index in [9.17, 15) is 19.5 Å². The summed E-state index contributed by atoms with van der Waals surface area (Å²) in [6.45, 7) is 10.2. The highest BCUT2D eigenvalue weighted by Crippen LogP contribution is 2.66. The van der Waals surface area contributed by atoms with Gasteiger partial charge in [0.1, 0.15) is 6.04 Å². The zero-order valence-electron chi connectivity index (χ0n) is 22.3. The van der Waals surface area contributed by atoms with E-state index in [1.807, 2.05) is 44.2 Å². The maximum absolute atomic E-state index is 14.1. The third-order valence-corrected chi connectivity index (χ3v) is 9.84. The molecule has 3 heterocycles. The molecule has 36 heavy (non-hydrogen) atoms. The Hall–Kier alpha value is -2.06. The zero-order chi connectivity index (χ0) is 26.5. The first kappa shape index (κ1) is 27.0. The van der Waals surface area contributed by atoms with E-state index in [-0.39, 0.29) is 35.0 Å². The molecule has 8 heteroatoms. The van der Waals surface area contributed by atoms with Crippen LogP contribution in [-0.4, -0.2) is 69.0 Å². The van der Waals surface area contributed by atoms with E-state index in [1.54, 1.807) is 23.7 Å². The average Bonchev–Trinajstić information content (AvgIpc) is 3.43. The van der Waals surface area contributed by atoms with Gasteiger partial charge in [0.2, 0.25) is 17.7 Å². The Balaban J connectivity index is 1.73. The SMILES string of the molecule is CNC(=O)[C@@H]1[C@@H]2CCC3(S2)C(C(=O)NC(C)(C)CC(C)(C)C)N([C@@H](CO)Cc2ccccc2)C(=O)[C@H]13. The van der Waals surface area contributed by atoms with Gasteiger partial charge in [0.15, 0.2) is 0 Å². The molecule has 7 nitrogen and oxygen atoms in total. The van der Waals surface area contributed by atoms with Crippen molar-refractivity contribution >= 4 is 29.5 Å². The lowest BCUT2D eigenvalue weighted by Crippen LogP contribution is -2.60. The Morgan fingerprint density at radius 1 is 1.17 bits per heavy atom. The van der Waals surface area contributed by atoms with E-state index in [1.165, 1.54) is 0 Å². The van der Waals surface area contributed by atoms with E-state index < -0.39 is 34.2 Å². The second-order valence-electron chi connectivity index (χ2n) is 12.6. The lowest BCUT2D eigenvalue weighted by atomic mass is 9.70. The molecule has 1 aromatic rings. The quantitative estimate of drug-likeness (QED) is 0.495. The molecule has 3 amide bonds. The predicted octanol–water partition coefficient (Wildman–Crippen LogP) is 2.76. The summed E-state index contributed by atoms with van der Waals surface area (Å²) >= 11 is 1.65. The molecule has 3 aliphatic rings. The Morgan fingerprint density at radius 3 is 2.42 bits per heavy atom. The van der Waals surface area contributed by atoms with Gasteiger partial charge in [-0.2, -0.15) is 0 Å². The van der Waals surface area contributed by atoms with E-state index >= 15 is 0 Å². The van der Waals surface area contributed by atoms with E-state index in [2.05, 4.69) is 31.4 Å². The summed E-state index contributed by atoms with van der Waals surface area (Å²) < 4.78 is -0.662. The number of thioether (sulfide) groups is 1. The van der Waals surface area contributed by atoms with Crippen molar-refractivity contribution in [3.63, 3.8) is 0 Å². The normalized spacial score (nSPS) is 30.3. The van der Waals surface area contributed by atoms with Crippen LogP contribution in [0, 0.1) is 17.3 Å². The fourth-order valence-electron chi connectivity index (χ4n) is 7.16. The standard InChI is InChI=1S/C28H41N3O4S/c1-26(2,3)16-27(4,5)30-24(34)22-28-13-12-19(36-28)20(23(33)29-6)21(28)25(35)31(22)18(15-32)14-17-10-8-7-9-11-17/h7-11,18-22,32H,12-16H2,1-6H3,(H,29,33)(H,30,34)/t18-,19+,20-,21+,22?,28?/m1/s1. The Morgan fingerprint density at radius 2 is 1.83 bits per heavy atom. The van der Waals surface area contributed by atoms with Crippen LogP contribution in [-0.2, 0) is 20.8 Å². The Bertz CT molecular complexity index is 1010. The fraction of sp³-hybridized carbons (Fsp3) is 0.679. The number of rotatable bonds is 8. The molecular formula is C28H41N3O4S. The Kier molecular flexibility index (Phi) is 7.25. The fourth-order valence-corrected chi connectivity index (χ4v) is 9.37. The molecule has 3 fully saturated rings. The molecule has 3 N–H and O–H groups in total. The summed E-state index contributed by atoms with van der Waals surface area (Å²) in [4.78, 5) is 42.9. The minimum atomic E-state index is -0.736. The van der Waals surface area contributed by atoms with Gasteiger partial charge in [0.05, 0.1) is 29.2 Å². The molecule has 1 aromatic carbocycles. The van der Waals surface area contributed by atoms with Crippen molar-refractivity contribution in [2.45, 2.75) is 87.9 Å². The number of nitrogens with one attached hydrogen (secondary N) is 2. The first-order valence-electron chi connectivity index (χ1n) is 13.0. The number of likely N-dealkylation sites (tertiary alicyclic amines) is 1. The molecule has 198 valence electrons. The van der Waals surface area contributed by atoms with Gasteiger partial charge in [0.25, 0.3) is 0 Å². The molecule has 2 bridgehead atoms. The van der Waals surface area contributed by atoms with Crippen molar-refractivity contribution in [1.29, 1.82) is 0 Å². The van der Waals surface area contributed by atoms with Crippen LogP contribution >= 0.6 is 11.8 Å². The number of aliphatic hydroxyl groups excluding tert-OH is 1. The van der Waals surface area contributed by atoms with Crippen LogP contribution in [0.4, 0.5) is 0 Å². The van der Waals surface area contributed by atoms with Gasteiger partial charge in [-0.1, -0.05) is 51.1 Å². The molecule has 0 saturated carbocycles. The van der Waals surface area contributed by atoms with Crippen LogP contribution in [0.2, 0.25) is 0 Å². The van der Waals surface area contributed by atoms with Crippen molar-refractivity contribution in [3.05, 3.63) is 35.9 Å². The number of nitrogens with zero attached hydrogens (tertiary/aromatic N) is 1. The summed E-state index contributed by atoms with van der Waals surface area (Å²) in [7, 11) is 1.61. The van der Waals surface area contributed by atoms with Gasteiger partial charge in [-0.15, -0.1) is 11.8 Å². The minimum Gasteiger partial charge on any atom is -0.394 e. The van der Waals surface area contributed by atoms with Crippen molar-refractivity contribution in [1.82, 2.24) is 15.5 Å². The molecule has 3 saturated heterocycles. The smallest absolute Gasteiger partial charge is 0.244 e. The number of carbonyl (C=O) groups is 3. The average molecular weight is 516 g/mol. The summed E-state index contributed by atoms with van der Waals surface area (Å²) in [6.07, 6.45) is 2.73. The molecule has 2 unspecified atom stereocenters. The predicted molar refractivity (Wildman–Crippen MR) is 142 cm³/mol. The lowest BCUT2D eigenvalue weighted by Gasteiger charge is -2.40. The van der Waals surface area contributed by atoms with Crippen LogP contribution in [0.25, 0.3) is 0 Å². The third kappa shape index (κ3) is 4.78. The highest BCUT2D eigenvalue weighted by atomic mass is 32.2. The number of benzene rings is 1. The number of aliphatic hydroxyl groups is 1. The largest absolute Gasteiger partial charge is 0.394 e. The molecule has 0 aliphatic carbocycles. The zero-order valence-corrected chi connectivity index (χ0v) is 23.2. The van der Waals surface area contributed by atoms with Crippen molar-refractivity contribution in [3.8, 4) is 0 Å². The molecule has 6 atom stereocenters. The molecule has 0 aromatic heterocycles. The monoisotopic (exact) mass is 515 g/mol. The van der Waals surface area contributed by atoms with Crippen molar-refractivity contribution in [2.75, 3.05) is 13.7 Å². The van der Waals surface area contributed by atoms with Gasteiger partial charge in [0, 0.05) is 17.8 Å². The van der Waals surface area contributed by atoms with Crippen molar-refractivity contribution < 1.29 is 19.5 Å². The number of amides is 3. The number of hydrogen-bond donors (Lipinski definition) is 3. The number of hydrogen-bond acceptors (Lipinski definition) is 5. The van der Waals surface area contributed by atoms with Gasteiger partial charge >= 0.3 is 0 Å². The Labute approximate surface area is 219 Å². The van der Waals surface area contributed by atoms with Crippen molar-refractivity contribution in [2.24, 2.45) is 17.3 Å². The first-order chi connectivity index (χ1) is 16.8. The molecular weight excluding hydrogens is 474 g/mol. The molecule has 0 radical (unpaired) electrons. The minimum absolute atomic E-state index is 0.00853. The summed E-state index contributed by atoms with van der Waals surface area (Å²) in [5.41, 5.74) is 0.522. The maximum Gasteiger partial charge on any atom is 0.244 e. The topological polar surface area (TPSA) is 98.7 Å². The second-order valence-corrected chi connectivity index (χ2v) is 14.2. The maximum atomic E-state index is 14.1. The van der Waals surface area contributed by atoms with Gasteiger partial charge in [-0.25, -0.2) is 0 Å². The van der Waals surface area contributed by atoms with E-state index in [0.717, 1.165) is 18.4 Å². The van der Waals surface area contributed by atoms with Crippen LogP contribution in [0.1, 0.15) is 59.4 Å². The third-order valence-electron chi connectivity index (χ3n) is 7.89. The highest BCUT2D eigenvalue weighted by molar-refractivity contribution is 8.02. The summed E-state index contributed by atoms with van der Waals surface area (Å²) in [5, 5.41) is 16.5. The van der Waals surface area contributed by atoms with E-state index in [4.69, 9.17) is 0 Å². The van der Waals surface area contributed by atoms with E-state index in [0.29, 0.717) is 12.8 Å². The van der Waals surface area contributed by atoms with Crippen LogP contribution in [0.15, 0.2) is 30.3 Å². The first-order valence-corrected chi connectivity index (χ1v) is 13.9. The van der Waals surface area contributed by atoms with Gasteiger partial charge in [-0.05, 0) is 50.5 Å². The lowest BCUT2D eigenvalue weighted by molar-refractivity contribution is -0.143. The molecule has 3 aliphatic heterocycles. The van der Waals surface area contributed by atoms with Crippen LogP contribution in [0.3, 0.4) is 0 Å². The van der Waals surface area contributed by atoms with Crippen LogP contribution < -0.4 is 10.6 Å².